The van der Waals surface area contributed by atoms with Crippen molar-refractivity contribution < 1.29 is 9.59 Å². The Morgan fingerprint density at radius 3 is 2.36 bits per heavy atom. The predicted molar refractivity (Wildman–Crippen MR) is 89.5 cm³/mol. The first kappa shape index (κ1) is 15.5. The molecule has 3 rings (SSSR count). The number of alkyl halides is 1. The van der Waals surface area contributed by atoms with Crippen LogP contribution in [-0.4, -0.2) is 16.5 Å². The van der Waals surface area contributed by atoms with Crippen molar-refractivity contribution >= 4 is 33.3 Å². The molecule has 2 aliphatic rings. The molecule has 1 amide bonds. The zero-order chi connectivity index (χ0) is 16.2. The van der Waals surface area contributed by atoms with Crippen molar-refractivity contribution in [2.24, 2.45) is 16.2 Å². The van der Waals surface area contributed by atoms with Crippen molar-refractivity contribution in [3.05, 3.63) is 30.3 Å². The number of ketones is 1. The average Bonchev–Trinajstić information content (AvgIpc) is 2.78. The van der Waals surface area contributed by atoms with Gasteiger partial charge >= 0.3 is 0 Å². The van der Waals surface area contributed by atoms with Crippen LogP contribution >= 0.6 is 15.9 Å². The molecule has 118 valence electrons. The van der Waals surface area contributed by atoms with Crippen molar-refractivity contribution in [2.75, 3.05) is 5.43 Å². The van der Waals surface area contributed by atoms with Gasteiger partial charge in [0.15, 0.2) is 5.78 Å². The first-order valence-corrected chi connectivity index (χ1v) is 8.49. The Bertz CT molecular complexity index is 631. The molecular formula is C17H21BrN2O2. The van der Waals surface area contributed by atoms with E-state index in [1.807, 2.05) is 51.1 Å². The molecule has 0 unspecified atom stereocenters. The van der Waals surface area contributed by atoms with Gasteiger partial charge in [-0.25, -0.2) is 0 Å². The minimum atomic E-state index is -0.708. The van der Waals surface area contributed by atoms with E-state index in [0.717, 1.165) is 18.5 Å². The second kappa shape index (κ2) is 4.82. The van der Waals surface area contributed by atoms with E-state index >= 15 is 0 Å². The number of anilines is 1. The lowest BCUT2D eigenvalue weighted by Gasteiger charge is -2.39. The van der Waals surface area contributed by atoms with Crippen LogP contribution in [0.1, 0.15) is 33.6 Å². The molecule has 0 radical (unpaired) electrons. The highest BCUT2D eigenvalue weighted by atomic mass is 79.9. The average molecular weight is 365 g/mol. The van der Waals surface area contributed by atoms with E-state index in [4.69, 9.17) is 0 Å². The Labute approximate surface area is 139 Å². The fourth-order valence-electron chi connectivity index (χ4n) is 4.22. The second-order valence-electron chi connectivity index (χ2n) is 7.10. The lowest BCUT2D eigenvalue weighted by atomic mass is 9.64. The minimum Gasteiger partial charge on any atom is -0.299 e. The normalized spacial score (nSPS) is 35.5. The summed E-state index contributed by atoms with van der Waals surface area (Å²) in [5, 5.41) is 0. The molecule has 2 saturated carbocycles. The van der Waals surface area contributed by atoms with Crippen molar-refractivity contribution in [1.29, 1.82) is 0 Å². The number of amides is 1. The van der Waals surface area contributed by atoms with Crippen LogP contribution in [0.3, 0.4) is 0 Å². The van der Waals surface area contributed by atoms with E-state index < -0.39 is 15.7 Å². The number of carbonyl (C=O) groups is 2. The summed E-state index contributed by atoms with van der Waals surface area (Å²) in [6.45, 7) is 6.08. The number of carbonyl (C=O) groups excluding carboxylic acids is 2. The summed E-state index contributed by atoms with van der Waals surface area (Å²) in [4.78, 5) is 25.2. The molecule has 2 N–H and O–H groups in total. The molecule has 0 heterocycles. The van der Waals surface area contributed by atoms with Gasteiger partial charge in [-0.3, -0.25) is 20.4 Å². The predicted octanol–water partition coefficient (Wildman–Crippen LogP) is 3.29. The van der Waals surface area contributed by atoms with Crippen LogP contribution in [0, 0.1) is 16.2 Å². The van der Waals surface area contributed by atoms with Crippen molar-refractivity contribution in [3.8, 4) is 0 Å². The van der Waals surface area contributed by atoms with Gasteiger partial charge in [0.25, 0.3) is 0 Å². The third-order valence-electron chi connectivity index (χ3n) is 6.22. The summed E-state index contributed by atoms with van der Waals surface area (Å²) >= 11 is 3.52. The van der Waals surface area contributed by atoms with Gasteiger partial charge in [-0.15, -0.1) is 0 Å². The summed E-state index contributed by atoms with van der Waals surface area (Å²) in [5.41, 5.74) is 5.06. The fourth-order valence-corrected chi connectivity index (χ4v) is 5.73. The Morgan fingerprint density at radius 2 is 1.82 bits per heavy atom. The molecule has 0 aliphatic heterocycles. The summed E-state index contributed by atoms with van der Waals surface area (Å²) in [6, 6.07) is 9.48. The highest BCUT2D eigenvalue weighted by Crippen LogP contribution is 2.72. The van der Waals surface area contributed by atoms with Gasteiger partial charge in [0.2, 0.25) is 5.91 Å². The Hall–Kier alpha value is -1.36. The molecule has 1 aromatic rings. The Balaban J connectivity index is 1.87. The van der Waals surface area contributed by atoms with Crippen molar-refractivity contribution in [3.63, 3.8) is 0 Å². The molecule has 22 heavy (non-hydrogen) atoms. The Morgan fingerprint density at radius 1 is 1.18 bits per heavy atom. The van der Waals surface area contributed by atoms with Crippen LogP contribution in [0.25, 0.3) is 0 Å². The number of para-hydroxylation sites is 1. The number of halogens is 1. The van der Waals surface area contributed by atoms with Crippen LogP contribution in [0.2, 0.25) is 0 Å². The molecule has 3 atom stereocenters. The van der Waals surface area contributed by atoms with Gasteiger partial charge in [0.1, 0.15) is 0 Å². The summed E-state index contributed by atoms with van der Waals surface area (Å²) < 4.78 is 0. The summed E-state index contributed by atoms with van der Waals surface area (Å²) in [7, 11) is 0. The lowest BCUT2D eigenvalue weighted by Crippen LogP contribution is -2.52. The maximum atomic E-state index is 13.0. The zero-order valence-corrected chi connectivity index (χ0v) is 14.7. The minimum absolute atomic E-state index is 0.113. The van der Waals surface area contributed by atoms with Crippen molar-refractivity contribution in [2.45, 2.75) is 38.4 Å². The summed E-state index contributed by atoms with van der Waals surface area (Å²) in [6.07, 6.45) is 1.49. The van der Waals surface area contributed by atoms with E-state index in [9.17, 15) is 9.59 Å². The number of hydrogen-bond donors (Lipinski definition) is 2. The van der Waals surface area contributed by atoms with Gasteiger partial charge in [0.05, 0.1) is 15.9 Å². The SMILES string of the molecule is CC1(C)[C@]2(C)CC[C@@]1(C(=O)NNc1ccccc1)[C@@H](Br)C2=O. The largest absolute Gasteiger partial charge is 0.299 e. The third-order valence-corrected chi connectivity index (χ3v) is 7.42. The number of benzene rings is 1. The number of nitrogens with one attached hydrogen (secondary N) is 2. The smallest absolute Gasteiger partial charge is 0.246 e. The van der Waals surface area contributed by atoms with Crippen LogP contribution in [-0.2, 0) is 9.59 Å². The van der Waals surface area contributed by atoms with Gasteiger partial charge in [0, 0.05) is 5.41 Å². The van der Waals surface area contributed by atoms with Gasteiger partial charge < -0.3 is 0 Å². The van der Waals surface area contributed by atoms with Gasteiger partial charge in [-0.2, -0.15) is 0 Å². The first-order chi connectivity index (χ1) is 10.3. The number of hydrazine groups is 1. The van der Waals surface area contributed by atoms with Crippen molar-refractivity contribution in [1.82, 2.24) is 5.43 Å². The fraction of sp³-hybridized carbons (Fsp3) is 0.529. The van der Waals surface area contributed by atoms with Crippen LogP contribution in [0.4, 0.5) is 5.69 Å². The van der Waals surface area contributed by atoms with Gasteiger partial charge in [-0.1, -0.05) is 54.9 Å². The molecule has 2 bridgehead atoms. The molecule has 5 heteroatoms. The standard InChI is InChI=1S/C17H21BrN2O2/c1-15(2)16(3)9-10-17(15,12(18)13(16)21)14(22)20-19-11-7-5-4-6-8-11/h4-8,12,19H,9-10H2,1-3H3,(H,20,22)/t12-,16+,17-/m0/s1. The highest BCUT2D eigenvalue weighted by Gasteiger charge is 2.76. The molecular weight excluding hydrogens is 344 g/mol. The number of Topliss-reactive ketones (excluding diaryl/α,β-unsaturated/α-hetero) is 1. The molecule has 4 nitrogen and oxygen atoms in total. The molecule has 0 saturated heterocycles. The first-order valence-electron chi connectivity index (χ1n) is 7.57. The highest BCUT2D eigenvalue weighted by molar-refractivity contribution is 9.10. The third kappa shape index (κ3) is 1.69. The molecule has 0 aromatic heterocycles. The zero-order valence-electron chi connectivity index (χ0n) is 13.1. The molecule has 1 aromatic carbocycles. The quantitative estimate of drug-likeness (QED) is 0.638. The topological polar surface area (TPSA) is 58.2 Å². The molecule has 2 aliphatic carbocycles. The number of fused-ring (bicyclic) bond motifs is 2. The monoisotopic (exact) mass is 364 g/mol. The number of rotatable bonds is 3. The van der Waals surface area contributed by atoms with E-state index in [1.54, 1.807) is 0 Å². The lowest BCUT2D eigenvalue weighted by molar-refractivity contribution is -0.135. The molecule has 2 fully saturated rings. The van der Waals surface area contributed by atoms with Crippen LogP contribution < -0.4 is 10.9 Å². The van der Waals surface area contributed by atoms with E-state index in [-0.39, 0.29) is 17.1 Å². The van der Waals surface area contributed by atoms with E-state index in [2.05, 4.69) is 26.8 Å². The maximum Gasteiger partial charge on any atom is 0.246 e. The van der Waals surface area contributed by atoms with Gasteiger partial charge in [-0.05, 0) is 30.4 Å². The Kier molecular flexibility index (Phi) is 3.40. The van der Waals surface area contributed by atoms with E-state index in [0.29, 0.717) is 0 Å². The van der Waals surface area contributed by atoms with Crippen LogP contribution in [0.5, 0.6) is 0 Å². The summed E-state index contributed by atoms with van der Waals surface area (Å²) in [5.74, 6) is 0.0383. The number of hydrogen-bond acceptors (Lipinski definition) is 3. The maximum absolute atomic E-state index is 13.0. The second-order valence-corrected chi connectivity index (χ2v) is 8.02. The van der Waals surface area contributed by atoms with Crippen LogP contribution in [0.15, 0.2) is 30.3 Å². The van der Waals surface area contributed by atoms with E-state index in [1.165, 1.54) is 0 Å². The molecule has 0 spiro atoms.